The molecule has 2 heterocycles. The van der Waals surface area contributed by atoms with Crippen LogP contribution in [0.5, 0.6) is 0 Å². The van der Waals surface area contributed by atoms with E-state index in [1.165, 1.54) is 6.07 Å². The van der Waals surface area contributed by atoms with Crippen molar-refractivity contribution in [1.29, 1.82) is 0 Å². The lowest BCUT2D eigenvalue weighted by atomic mass is 9.98. The fourth-order valence-corrected chi connectivity index (χ4v) is 5.32. The number of carbonyl (C=O) groups excluding carboxylic acids is 1. The molecule has 1 aromatic rings. The number of fused-ring (bicyclic) bond motifs is 1. The molecule has 1 saturated heterocycles. The van der Waals surface area contributed by atoms with E-state index in [0.717, 1.165) is 16.4 Å². The number of sulfonamides is 1. The Morgan fingerprint density at radius 2 is 2.07 bits per heavy atom. The van der Waals surface area contributed by atoms with Crippen molar-refractivity contribution in [2.45, 2.75) is 50.9 Å². The standard InChI is InChI=1S/C18H23F3N2O6S/c1-17(2)28-9-16(29-17)15(23(25)11-24)10-30(26,27)22-6-5-12-3-4-14(18(19,20)21)7-13(12)8-22/h3-4,7,11,15-16,25H,5-6,8-10H2,1-2H3/t15?,16-/m1/s1. The van der Waals surface area contributed by atoms with Gasteiger partial charge >= 0.3 is 6.18 Å². The first-order valence-corrected chi connectivity index (χ1v) is 10.8. The second-order valence-corrected chi connectivity index (χ2v) is 9.78. The molecule has 30 heavy (non-hydrogen) atoms. The zero-order valence-corrected chi connectivity index (χ0v) is 17.2. The van der Waals surface area contributed by atoms with Crippen molar-refractivity contribution in [2.75, 3.05) is 18.9 Å². The fraction of sp³-hybridized carbons (Fsp3) is 0.611. The van der Waals surface area contributed by atoms with Crippen molar-refractivity contribution in [3.05, 3.63) is 34.9 Å². The number of alkyl halides is 3. The number of hydrogen-bond acceptors (Lipinski definition) is 6. The van der Waals surface area contributed by atoms with E-state index < -0.39 is 45.4 Å². The number of rotatable bonds is 6. The predicted molar refractivity (Wildman–Crippen MR) is 97.7 cm³/mol. The molecule has 1 N–H and O–H groups in total. The van der Waals surface area contributed by atoms with Gasteiger partial charge in [0.15, 0.2) is 5.79 Å². The molecule has 1 amide bonds. The van der Waals surface area contributed by atoms with Gasteiger partial charge in [-0.05, 0) is 43.5 Å². The first-order valence-electron chi connectivity index (χ1n) is 9.23. The van der Waals surface area contributed by atoms with Gasteiger partial charge in [0.25, 0.3) is 0 Å². The third-order valence-electron chi connectivity index (χ3n) is 5.19. The van der Waals surface area contributed by atoms with Crippen LogP contribution in [0.25, 0.3) is 0 Å². The molecule has 0 spiro atoms. The summed E-state index contributed by atoms with van der Waals surface area (Å²) in [7, 11) is -4.05. The number of halogens is 3. The highest BCUT2D eigenvalue weighted by Gasteiger charge is 2.43. The number of benzene rings is 1. The summed E-state index contributed by atoms with van der Waals surface area (Å²) in [5, 5.41) is 10.1. The van der Waals surface area contributed by atoms with Crippen molar-refractivity contribution >= 4 is 16.4 Å². The Labute approximate surface area is 172 Å². The Morgan fingerprint density at radius 3 is 2.63 bits per heavy atom. The molecule has 2 atom stereocenters. The van der Waals surface area contributed by atoms with Gasteiger partial charge in [-0.15, -0.1) is 0 Å². The molecule has 8 nitrogen and oxygen atoms in total. The van der Waals surface area contributed by atoms with E-state index >= 15 is 0 Å². The average molecular weight is 452 g/mol. The lowest BCUT2D eigenvalue weighted by Gasteiger charge is -2.32. The third kappa shape index (κ3) is 4.94. The molecule has 0 radical (unpaired) electrons. The summed E-state index contributed by atoms with van der Waals surface area (Å²) in [4.78, 5) is 11.1. The molecule has 1 aromatic carbocycles. The smallest absolute Gasteiger partial charge is 0.348 e. The van der Waals surface area contributed by atoms with Gasteiger partial charge in [-0.25, -0.2) is 13.5 Å². The number of hydrogen-bond donors (Lipinski definition) is 1. The van der Waals surface area contributed by atoms with Crippen LogP contribution in [-0.2, 0) is 43.4 Å². The molecular weight excluding hydrogens is 429 g/mol. The van der Waals surface area contributed by atoms with Crippen molar-refractivity contribution in [3.63, 3.8) is 0 Å². The third-order valence-corrected chi connectivity index (χ3v) is 7.05. The van der Waals surface area contributed by atoms with E-state index in [2.05, 4.69) is 0 Å². The Kier molecular flexibility index (Phi) is 6.18. The summed E-state index contributed by atoms with van der Waals surface area (Å²) in [6.45, 7) is 3.04. The number of ether oxygens (including phenoxy) is 2. The predicted octanol–water partition coefficient (Wildman–Crippen LogP) is 1.76. The minimum absolute atomic E-state index is 0.0319. The topological polar surface area (TPSA) is 96.4 Å². The maximum Gasteiger partial charge on any atom is 0.416 e. The monoisotopic (exact) mass is 452 g/mol. The SMILES string of the molecule is CC1(C)OC[C@H](C(CS(=O)(=O)N2CCc3ccc(C(F)(F)F)cc3C2)N(O)C=O)O1. The molecular formula is C18H23F3N2O6S. The van der Waals surface area contributed by atoms with Gasteiger partial charge < -0.3 is 9.47 Å². The van der Waals surface area contributed by atoms with E-state index in [9.17, 15) is 31.6 Å². The molecule has 0 aliphatic carbocycles. The van der Waals surface area contributed by atoms with Crippen molar-refractivity contribution < 1.29 is 41.1 Å². The van der Waals surface area contributed by atoms with Crippen LogP contribution in [-0.4, -0.2) is 66.2 Å². The van der Waals surface area contributed by atoms with Gasteiger partial charge in [0.2, 0.25) is 16.4 Å². The van der Waals surface area contributed by atoms with Gasteiger partial charge in [-0.2, -0.15) is 17.5 Å². The highest BCUT2D eigenvalue weighted by atomic mass is 32.2. The second kappa shape index (κ2) is 8.08. The Bertz CT molecular complexity index is 906. The highest BCUT2D eigenvalue weighted by Crippen LogP contribution is 2.33. The van der Waals surface area contributed by atoms with E-state index in [4.69, 9.17) is 9.47 Å². The van der Waals surface area contributed by atoms with Crippen molar-refractivity contribution in [2.24, 2.45) is 0 Å². The molecule has 1 fully saturated rings. The van der Waals surface area contributed by atoms with Gasteiger partial charge in [-0.1, -0.05) is 6.07 Å². The lowest BCUT2D eigenvalue weighted by molar-refractivity contribution is -0.182. The summed E-state index contributed by atoms with van der Waals surface area (Å²) in [5.41, 5.74) is 0.0746. The fourth-order valence-electron chi connectivity index (χ4n) is 3.60. The molecule has 2 aliphatic heterocycles. The minimum Gasteiger partial charge on any atom is -0.348 e. The molecule has 2 aliphatic rings. The van der Waals surface area contributed by atoms with Crippen LogP contribution in [0.15, 0.2) is 18.2 Å². The molecule has 0 aromatic heterocycles. The van der Waals surface area contributed by atoms with Crippen molar-refractivity contribution in [3.8, 4) is 0 Å². The maximum atomic E-state index is 13.0. The lowest BCUT2D eigenvalue weighted by Crippen LogP contribution is -2.50. The summed E-state index contributed by atoms with van der Waals surface area (Å²) < 4.78 is 77.0. The van der Waals surface area contributed by atoms with E-state index in [0.29, 0.717) is 5.56 Å². The summed E-state index contributed by atoms with van der Waals surface area (Å²) in [6, 6.07) is 2.05. The minimum atomic E-state index is -4.53. The Hall–Kier alpha value is -1.73. The van der Waals surface area contributed by atoms with Crippen LogP contribution < -0.4 is 0 Å². The van der Waals surface area contributed by atoms with Gasteiger partial charge in [0.1, 0.15) is 12.1 Å². The highest BCUT2D eigenvalue weighted by molar-refractivity contribution is 7.89. The first kappa shape index (κ1) is 22.9. The van der Waals surface area contributed by atoms with Gasteiger partial charge in [0.05, 0.1) is 17.9 Å². The zero-order valence-electron chi connectivity index (χ0n) is 16.4. The number of nitrogens with zero attached hydrogens (tertiary/aromatic N) is 2. The van der Waals surface area contributed by atoms with Crippen LogP contribution in [0.2, 0.25) is 0 Å². The van der Waals surface area contributed by atoms with Crippen LogP contribution in [0.1, 0.15) is 30.5 Å². The van der Waals surface area contributed by atoms with E-state index in [1.54, 1.807) is 13.8 Å². The van der Waals surface area contributed by atoms with E-state index in [-0.39, 0.29) is 43.2 Å². The first-order chi connectivity index (χ1) is 13.8. The van der Waals surface area contributed by atoms with Crippen LogP contribution >= 0.6 is 0 Å². The molecule has 3 rings (SSSR count). The Morgan fingerprint density at radius 1 is 1.37 bits per heavy atom. The number of amides is 1. The molecule has 1 unspecified atom stereocenters. The molecule has 0 saturated carbocycles. The molecule has 12 heteroatoms. The van der Waals surface area contributed by atoms with Crippen molar-refractivity contribution in [1.82, 2.24) is 9.37 Å². The molecule has 168 valence electrons. The Balaban J connectivity index is 1.80. The van der Waals surface area contributed by atoms with Crippen LogP contribution in [0.3, 0.4) is 0 Å². The number of hydroxylamine groups is 2. The van der Waals surface area contributed by atoms with Crippen LogP contribution in [0.4, 0.5) is 13.2 Å². The van der Waals surface area contributed by atoms with Gasteiger partial charge in [0, 0.05) is 13.1 Å². The zero-order chi connectivity index (χ0) is 22.3. The van der Waals surface area contributed by atoms with E-state index in [1.807, 2.05) is 0 Å². The quantitative estimate of drug-likeness (QED) is 0.402. The molecule has 0 bridgehead atoms. The summed E-state index contributed by atoms with van der Waals surface area (Å²) in [6.07, 6.45) is -5.09. The van der Waals surface area contributed by atoms with Gasteiger partial charge in [-0.3, -0.25) is 10.0 Å². The maximum absolute atomic E-state index is 13.0. The normalized spacial score (nSPS) is 23.1. The largest absolute Gasteiger partial charge is 0.416 e. The second-order valence-electron chi connectivity index (χ2n) is 7.76. The summed E-state index contributed by atoms with van der Waals surface area (Å²) >= 11 is 0. The van der Waals surface area contributed by atoms with Crippen LogP contribution in [0, 0.1) is 0 Å². The number of carbonyl (C=O) groups is 1. The summed E-state index contributed by atoms with van der Waals surface area (Å²) in [5.74, 6) is -1.67. The average Bonchev–Trinajstić information content (AvgIpc) is 3.03.